The van der Waals surface area contributed by atoms with E-state index in [-0.39, 0.29) is 12.4 Å². The van der Waals surface area contributed by atoms with E-state index in [1.807, 2.05) is 0 Å². The molecular formula is C15H18O4. The fraction of sp³-hybridized carbons (Fsp3) is 0.400. The van der Waals surface area contributed by atoms with Gasteiger partial charge in [0, 0.05) is 5.56 Å². The Kier molecular flexibility index (Phi) is 5.56. The van der Waals surface area contributed by atoms with Crippen LogP contribution in [0.1, 0.15) is 24.2 Å². The Hall–Kier alpha value is -1.83. The molecule has 1 N–H and O–H groups in total. The average Bonchev–Trinajstić information content (AvgIpc) is 2.37. The predicted octanol–water partition coefficient (Wildman–Crippen LogP) is 1.67. The minimum Gasteiger partial charge on any atom is -0.491 e. The van der Waals surface area contributed by atoms with E-state index in [0.29, 0.717) is 24.5 Å². The average molecular weight is 262 g/mol. The van der Waals surface area contributed by atoms with Crippen LogP contribution in [0, 0.1) is 12.3 Å². The van der Waals surface area contributed by atoms with Crippen molar-refractivity contribution in [1.29, 1.82) is 0 Å². The molecule has 0 saturated heterocycles. The van der Waals surface area contributed by atoms with Gasteiger partial charge in [0.05, 0.1) is 6.61 Å². The number of rotatable bonds is 7. The Morgan fingerprint density at radius 1 is 1.32 bits per heavy atom. The first-order valence-electron chi connectivity index (χ1n) is 5.96. The summed E-state index contributed by atoms with van der Waals surface area (Å²) < 4.78 is 10.5. The number of carbonyl (C=O) groups excluding carboxylic acids is 1. The van der Waals surface area contributed by atoms with Crippen LogP contribution in [0.3, 0.4) is 0 Å². The van der Waals surface area contributed by atoms with Crippen LogP contribution in [0.15, 0.2) is 24.3 Å². The SMILES string of the molecule is C#CCOCCOc1ccc(C(=O)C(C)(C)O)cc1. The van der Waals surface area contributed by atoms with Crippen molar-refractivity contribution in [3.8, 4) is 18.1 Å². The van der Waals surface area contributed by atoms with Crippen LogP contribution in [-0.2, 0) is 4.74 Å². The zero-order chi connectivity index (χ0) is 14.3. The molecular weight excluding hydrogens is 244 g/mol. The number of benzene rings is 1. The van der Waals surface area contributed by atoms with Gasteiger partial charge in [-0.3, -0.25) is 4.79 Å². The first-order valence-corrected chi connectivity index (χ1v) is 5.96. The minimum absolute atomic E-state index is 0.266. The number of hydrogen-bond donors (Lipinski definition) is 1. The second-order valence-electron chi connectivity index (χ2n) is 4.52. The Morgan fingerprint density at radius 3 is 2.47 bits per heavy atom. The minimum atomic E-state index is -1.37. The van der Waals surface area contributed by atoms with Crippen molar-refractivity contribution >= 4 is 5.78 Å². The monoisotopic (exact) mass is 262 g/mol. The van der Waals surface area contributed by atoms with E-state index in [2.05, 4.69) is 5.92 Å². The summed E-state index contributed by atoms with van der Waals surface area (Å²) in [5.74, 6) is 2.67. The molecule has 0 bridgehead atoms. The Morgan fingerprint density at radius 2 is 1.95 bits per heavy atom. The van der Waals surface area contributed by atoms with Gasteiger partial charge in [0.1, 0.15) is 24.6 Å². The lowest BCUT2D eigenvalue weighted by Gasteiger charge is -2.15. The van der Waals surface area contributed by atoms with Crippen molar-refractivity contribution < 1.29 is 19.4 Å². The molecule has 0 saturated carbocycles. The lowest BCUT2D eigenvalue weighted by Crippen LogP contribution is -2.30. The second kappa shape index (κ2) is 6.93. The predicted molar refractivity (Wildman–Crippen MR) is 72.2 cm³/mol. The largest absolute Gasteiger partial charge is 0.491 e. The van der Waals surface area contributed by atoms with E-state index < -0.39 is 5.60 Å². The van der Waals surface area contributed by atoms with E-state index in [4.69, 9.17) is 15.9 Å². The van der Waals surface area contributed by atoms with Gasteiger partial charge >= 0.3 is 0 Å². The topological polar surface area (TPSA) is 55.8 Å². The highest BCUT2D eigenvalue weighted by molar-refractivity contribution is 6.01. The van der Waals surface area contributed by atoms with Crippen molar-refractivity contribution in [2.24, 2.45) is 0 Å². The van der Waals surface area contributed by atoms with Gasteiger partial charge < -0.3 is 14.6 Å². The fourth-order valence-electron chi connectivity index (χ4n) is 1.41. The third-order valence-corrected chi connectivity index (χ3v) is 2.35. The summed E-state index contributed by atoms with van der Waals surface area (Å²) in [5, 5.41) is 9.62. The Balaban J connectivity index is 2.49. The lowest BCUT2D eigenvalue weighted by molar-refractivity contribution is 0.0488. The molecule has 0 atom stereocenters. The normalized spacial score (nSPS) is 10.8. The maximum absolute atomic E-state index is 11.8. The van der Waals surface area contributed by atoms with Gasteiger partial charge in [0.25, 0.3) is 0 Å². The molecule has 4 heteroatoms. The molecule has 0 aliphatic rings. The summed E-state index contributed by atoms with van der Waals surface area (Å²) in [5.41, 5.74) is -0.922. The molecule has 1 rings (SSSR count). The van der Waals surface area contributed by atoms with Crippen LogP contribution in [0.4, 0.5) is 0 Å². The van der Waals surface area contributed by atoms with Gasteiger partial charge in [-0.1, -0.05) is 5.92 Å². The highest BCUT2D eigenvalue weighted by Crippen LogP contribution is 2.16. The summed E-state index contributed by atoms with van der Waals surface area (Å²) in [6.45, 7) is 3.99. The van der Waals surface area contributed by atoms with Gasteiger partial charge in [-0.05, 0) is 38.1 Å². The van der Waals surface area contributed by atoms with Gasteiger partial charge in [-0.2, -0.15) is 0 Å². The molecule has 0 heterocycles. The molecule has 0 fully saturated rings. The second-order valence-corrected chi connectivity index (χ2v) is 4.52. The van der Waals surface area contributed by atoms with E-state index in [1.165, 1.54) is 13.8 Å². The summed E-state index contributed by atoms with van der Waals surface area (Å²) in [4.78, 5) is 11.8. The molecule has 0 spiro atoms. The number of hydrogen-bond acceptors (Lipinski definition) is 4. The van der Waals surface area contributed by atoms with Crippen molar-refractivity contribution in [2.45, 2.75) is 19.4 Å². The summed E-state index contributed by atoms with van der Waals surface area (Å²) in [7, 11) is 0. The number of ether oxygens (including phenoxy) is 2. The quantitative estimate of drug-likeness (QED) is 0.461. The Bertz CT molecular complexity index is 449. The van der Waals surface area contributed by atoms with E-state index in [9.17, 15) is 9.90 Å². The van der Waals surface area contributed by atoms with E-state index >= 15 is 0 Å². The van der Waals surface area contributed by atoms with Crippen LogP contribution in [0.5, 0.6) is 5.75 Å². The zero-order valence-electron chi connectivity index (χ0n) is 11.2. The van der Waals surface area contributed by atoms with Crippen LogP contribution in [0.2, 0.25) is 0 Å². The van der Waals surface area contributed by atoms with Crippen molar-refractivity contribution in [1.82, 2.24) is 0 Å². The number of terminal acetylenes is 1. The van der Waals surface area contributed by atoms with Crippen molar-refractivity contribution in [2.75, 3.05) is 19.8 Å². The van der Waals surface area contributed by atoms with Crippen LogP contribution in [-0.4, -0.2) is 36.3 Å². The third kappa shape index (κ3) is 5.12. The van der Waals surface area contributed by atoms with Crippen LogP contribution in [0.25, 0.3) is 0 Å². The standard InChI is InChI=1S/C15H18O4/c1-4-9-18-10-11-19-13-7-5-12(6-8-13)14(16)15(2,3)17/h1,5-8,17H,9-11H2,2-3H3. The zero-order valence-corrected chi connectivity index (χ0v) is 11.2. The smallest absolute Gasteiger partial charge is 0.193 e. The number of Topliss-reactive ketones (excluding diaryl/α,β-unsaturated/α-hetero) is 1. The van der Waals surface area contributed by atoms with Gasteiger partial charge in [0.15, 0.2) is 5.78 Å². The molecule has 0 amide bonds. The van der Waals surface area contributed by atoms with E-state index in [0.717, 1.165) is 0 Å². The van der Waals surface area contributed by atoms with Crippen LogP contribution < -0.4 is 4.74 Å². The molecule has 102 valence electrons. The highest BCUT2D eigenvalue weighted by Gasteiger charge is 2.24. The third-order valence-electron chi connectivity index (χ3n) is 2.35. The molecule has 0 radical (unpaired) electrons. The highest BCUT2D eigenvalue weighted by atomic mass is 16.5. The van der Waals surface area contributed by atoms with Gasteiger partial charge in [-0.15, -0.1) is 6.42 Å². The molecule has 1 aromatic carbocycles. The summed E-state index contributed by atoms with van der Waals surface area (Å²) >= 11 is 0. The first-order chi connectivity index (χ1) is 8.95. The molecule has 0 unspecified atom stereocenters. The molecule has 4 nitrogen and oxygen atoms in total. The maximum Gasteiger partial charge on any atom is 0.193 e. The maximum atomic E-state index is 11.8. The van der Waals surface area contributed by atoms with Gasteiger partial charge in [0.2, 0.25) is 0 Å². The Labute approximate surface area is 113 Å². The molecule has 1 aromatic rings. The summed E-state index contributed by atoms with van der Waals surface area (Å²) in [6.07, 6.45) is 5.03. The van der Waals surface area contributed by atoms with Crippen molar-refractivity contribution in [3.05, 3.63) is 29.8 Å². The lowest BCUT2D eigenvalue weighted by atomic mass is 9.97. The number of ketones is 1. The molecule has 19 heavy (non-hydrogen) atoms. The molecule has 0 aliphatic carbocycles. The van der Waals surface area contributed by atoms with Crippen LogP contribution >= 0.6 is 0 Å². The first kappa shape index (κ1) is 15.2. The van der Waals surface area contributed by atoms with Gasteiger partial charge in [-0.25, -0.2) is 0 Å². The van der Waals surface area contributed by atoms with E-state index in [1.54, 1.807) is 24.3 Å². The summed E-state index contributed by atoms with van der Waals surface area (Å²) in [6, 6.07) is 6.61. The fourth-order valence-corrected chi connectivity index (χ4v) is 1.41. The molecule has 0 aromatic heterocycles. The molecule has 0 aliphatic heterocycles. The number of carbonyl (C=O) groups is 1. The number of aliphatic hydroxyl groups is 1. The van der Waals surface area contributed by atoms with Crippen molar-refractivity contribution in [3.63, 3.8) is 0 Å².